The van der Waals surface area contributed by atoms with E-state index < -0.39 is 10.0 Å². The first-order valence-electron chi connectivity index (χ1n) is 9.38. The SMILES string of the molecule is Cc1ccc(S(=O)(=O)/N=C2/NC(=O)/C(=C/c3ccc(N4CCCC4)cc3)S2)cc1. The van der Waals surface area contributed by atoms with Crippen molar-refractivity contribution < 1.29 is 13.2 Å². The number of carbonyl (C=O) groups is 1. The van der Waals surface area contributed by atoms with Gasteiger partial charge >= 0.3 is 0 Å². The maximum atomic E-state index is 12.5. The summed E-state index contributed by atoms with van der Waals surface area (Å²) in [6.07, 6.45) is 4.18. The van der Waals surface area contributed by atoms with E-state index >= 15 is 0 Å². The van der Waals surface area contributed by atoms with Crippen LogP contribution in [0.15, 0.2) is 62.7 Å². The van der Waals surface area contributed by atoms with E-state index in [1.807, 2.05) is 31.2 Å². The lowest BCUT2D eigenvalue weighted by Gasteiger charge is -2.17. The molecule has 8 heteroatoms. The molecule has 0 atom stereocenters. The highest BCUT2D eigenvalue weighted by Gasteiger charge is 2.26. The van der Waals surface area contributed by atoms with Gasteiger partial charge in [-0.2, -0.15) is 8.42 Å². The topological polar surface area (TPSA) is 78.8 Å². The van der Waals surface area contributed by atoms with Gasteiger partial charge in [0, 0.05) is 18.8 Å². The number of hydrogen-bond acceptors (Lipinski definition) is 5. The normalized spacial score (nSPS) is 19.9. The van der Waals surface area contributed by atoms with Gasteiger partial charge in [-0.25, -0.2) is 0 Å². The number of nitrogens with one attached hydrogen (secondary N) is 1. The molecule has 2 heterocycles. The molecular formula is C21H21N3O3S2. The second kappa shape index (κ2) is 8.04. The number of sulfonamides is 1. The highest BCUT2D eigenvalue weighted by molar-refractivity contribution is 8.19. The first-order chi connectivity index (χ1) is 13.9. The van der Waals surface area contributed by atoms with Crippen molar-refractivity contribution in [3.8, 4) is 0 Å². The van der Waals surface area contributed by atoms with E-state index in [1.165, 1.54) is 30.7 Å². The van der Waals surface area contributed by atoms with Crippen molar-refractivity contribution >= 4 is 44.6 Å². The van der Waals surface area contributed by atoms with Crippen LogP contribution in [0, 0.1) is 6.92 Å². The summed E-state index contributed by atoms with van der Waals surface area (Å²) in [6, 6.07) is 14.5. The van der Waals surface area contributed by atoms with Gasteiger partial charge in [0.1, 0.15) is 0 Å². The molecule has 2 aromatic carbocycles. The summed E-state index contributed by atoms with van der Waals surface area (Å²) in [4.78, 5) is 15.1. The molecule has 150 valence electrons. The average Bonchev–Trinajstić information content (AvgIpc) is 3.33. The van der Waals surface area contributed by atoms with Crippen LogP contribution in [-0.4, -0.2) is 32.6 Å². The van der Waals surface area contributed by atoms with E-state index in [0.717, 1.165) is 36.0 Å². The highest BCUT2D eigenvalue weighted by Crippen LogP contribution is 2.28. The molecule has 1 N–H and O–H groups in total. The summed E-state index contributed by atoms with van der Waals surface area (Å²) in [5.74, 6) is -0.350. The minimum absolute atomic E-state index is 0.0653. The summed E-state index contributed by atoms with van der Waals surface area (Å²) in [6.45, 7) is 4.03. The van der Waals surface area contributed by atoms with Gasteiger partial charge in [0.25, 0.3) is 15.9 Å². The lowest BCUT2D eigenvalue weighted by Crippen LogP contribution is -2.20. The van der Waals surface area contributed by atoms with Crippen molar-refractivity contribution in [1.29, 1.82) is 0 Å². The number of thioether (sulfide) groups is 1. The van der Waals surface area contributed by atoms with Crippen molar-refractivity contribution in [1.82, 2.24) is 5.32 Å². The zero-order valence-corrected chi connectivity index (χ0v) is 17.6. The molecular weight excluding hydrogens is 406 g/mol. The number of hydrogen-bond donors (Lipinski definition) is 1. The van der Waals surface area contributed by atoms with Crippen LogP contribution in [0.25, 0.3) is 6.08 Å². The monoisotopic (exact) mass is 427 g/mol. The molecule has 2 aliphatic rings. The minimum atomic E-state index is -3.88. The smallest absolute Gasteiger partial charge is 0.284 e. The largest absolute Gasteiger partial charge is 0.372 e. The zero-order chi connectivity index (χ0) is 20.4. The van der Waals surface area contributed by atoms with Gasteiger partial charge in [0.05, 0.1) is 9.80 Å². The van der Waals surface area contributed by atoms with E-state index in [9.17, 15) is 13.2 Å². The maximum Gasteiger partial charge on any atom is 0.284 e. The number of nitrogens with zero attached hydrogens (tertiary/aromatic N) is 2. The quantitative estimate of drug-likeness (QED) is 0.755. The number of benzene rings is 2. The summed E-state index contributed by atoms with van der Waals surface area (Å²) in [7, 11) is -3.88. The molecule has 0 aromatic heterocycles. The summed E-state index contributed by atoms with van der Waals surface area (Å²) in [5.41, 5.74) is 3.02. The van der Waals surface area contributed by atoms with Crippen LogP contribution in [0.3, 0.4) is 0 Å². The van der Waals surface area contributed by atoms with Gasteiger partial charge in [-0.15, -0.1) is 4.40 Å². The summed E-state index contributed by atoms with van der Waals surface area (Å²) < 4.78 is 28.7. The Morgan fingerprint density at radius 1 is 1.03 bits per heavy atom. The molecule has 2 aromatic rings. The molecule has 0 aliphatic carbocycles. The third-order valence-corrected chi connectivity index (χ3v) is 7.15. The van der Waals surface area contributed by atoms with Crippen LogP contribution >= 0.6 is 11.8 Å². The number of amides is 1. The fraction of sp³-hybridized carbons (Fsp3) is 0.238. The Morgan fingerprint density at radius 3 is 2.34 bits per heavy atom. The average molecular weight is 428 g/mol. The molecule has 2 fully saturated rings. The predicted molar refractivity (Wildman–Crippen MR) is 117 cm³/mol. The van der Waals surface area contributed by atoms with Crippen molar-refractivity contribution in [2.75, 3.05) is 18.0 Å². The molecule has 0 bridgehead atoms. The summed E-state index contributed by atoms with van der Waals surface area (Å²) >= 11 is 1.03. The van der Waals surface area contributed by atoms with Gasteiger partial charge in [-0.1, -0.05) is 29.8 Å². The summed E-state index contributed by atoms with van der Waals surface area (Å²) in [5, 5.41) is 2.60. The molecule has 29 heavy (non-hydrogen) atoms. The van der Waals surface area contributed by atoms with Crippen LogP contribution in [0.2, 0.25) is 0 Å². The van der Waals surface area contributed by atoms with Crippen LogP contribution in [0.4, 0.5) is 5.69 Å². The van der Waals surface area contributed by atoms with E-state index in [2.05, 4.69) is 14.6 Å². The molecule has 4 rings (SSSR count). The third-order valence-electron chi connectivity index (χ3n) is 4.83. The third kappa shape index (κ3) is 4.54. The fourth-order valence-corrected chi connectivity index (χ4v) is 5.23. The van der Waals surface area contributed by atoms with Gasteiger partial charge in [-0.3, -0.25) is 10.1 Å². The van der Waals surface area contributed by atoms with Gasteiger partial charge < -0.3 is 4.90 Å². The molecule has 6 nitrogen and oxygen atoms in total. The molecule has 0 saturated carbocycles. The molecule has 1 amide bonds. The van der Waals surface area contributed by atoms with E-state index in [1.54, 1.807) is 18.2 Å². The molecule has 0 radical (unpaired) electrons. The number of aryl methyl sites for hydroxylation is 1. The van der Waals surface area contributed by atoms with E-state index in [0.29, 0.717) is 4.91 Å². The fourth-order valence-electron chi connectivity index (χ4n) is 3.25. The van der Waals surface area contributed by atoms with Gasteiger partial charge in [0.15, 0.2) is 5.17 Å². The van der Waals surface area contributed by atoms with Crippen molar-refractivity contribution in [3.05, 3.63) is 64.6 Å². The molecule has 2 saturated heterocycles. The second-order valence-corrected chi connectivity index (χ2v) is 9.67. The lowest BCUT2D eigenvalue weighted by atomic mass is 10.2. The van der Waals surface area contributed by atoms with Crippen LogP contribution in [0.5, 0.6) is 0 Å². The van der Waals surface area contributed by atoms with Crippen LogP contribution < -0.4 is 10.2 Å². The van der Waals surface area contributed by atoms with E-state index in [4.69, 9.17) is 0 Å². The molecule has 0 spiro atoms. The standard InChI is InChI=1S/C21H21N3O3S2/c1-15-4-10-18(11-5-15)29(26,27)23-21-22-20(25)19(28-21)14-16-6-8-17(9-7-16)24-12-2-3-13-24/h4-11,14H,2-3,12-13H2,1H3,(H,22,23,25)/b19-14-. The minimum Gasteiger partial charge on any atom is -0.372 e. The second-order valence-electron chi connectivity index (χ2n) is 7.04. The maximum absolute atomic E-state index is 12.5. The first kappa shape index (κ1) is 19.7. The Bertz CT molecular complexity index is 1080. The highest BCUT2D eigenvalue weighted by atomic mass is 32.2. The number of anilines is 1. The predicted octanol–water partition coefficient (Wildman–Crippen LogP) is 3.54. The molecule has 2 aliphatic heterocycles. The Morgan fingerprint density at radius 2 is 1.69 bits per heavy atom. The van der Waals surface area contributed by atoms with Crippen molar-refractivity contribution in [2.45, 2.75) is 24.7 Å². The number of carbonyl (C=O) groups excluding carboxylic acids is 1. The Kier molecular flexibility index (Phi) is 5.47. The Balaban J connectivity index is 1.51. The Hall–Kier alpha value is -2.58. The Labute approximate surface area is 174 Å². The van der Waals surface area contributed by atoms with Crippen LogP contribution in [-0.2, 0) is 14.8 Å². The van der Waals surface area contributed by atoms with Gasteiger partial charge in [0.2, 0.25) is 0 Å². The van der Waals surface area contributed by atoms with Crippen molar-refractivity contribution in [3.63, 3.8) is 0 Å². The van der Waals surface area contributed by atoms with E-state index in [-0.39, 0.29) is 16.0 Å². The van der Waals surface area contributed by atoms with Crippen molar-refractivity contribution in [2.24, 2.45) is 4.40 Å². The lowest BCUT2D eigenvalue weighted by molar-refractivity contribution is -0.115. The molecule has 0 unspecified atom stereocenters. The number of rotatable bonds is 4. The van der Waals surface area contributed by atoms with Gasteiger partial charge in [-0.05, 0) is 67.4 Å². The number of amidine groups is 1. The zero-order valence-electron chi connectivity index (χ0n) is 16.0. The van der Waals surface area contributed by atoms with Crippen LogP contribution in [0.1, 0.15) is 24.0 Å². The first-order valence-corrected chi connectivity index (χ1v) is 11.6.